The number of hydrogen-bond acceptors (Lipinski definition) is 3. The minimum atomic E-state index is 0.0171. The van der Waals surface area contributed by atoms with Crippen LogP contribution in [0, 0.1) is 5.92 Å². The SMILES string of the molecule is COCC1CCN(C(=O)N2CCN(C(=O)N(C)C)CC2)C1. The lowest BCUT2D eigenvalue weighted by Gasteiger charge is -2.37. The minimum absolute atomic E-state index is 0.0171. The minimum Gasteiger partial charge on any atom is -0.384 e. The van der Waals surface area contributed by atoms with Gasteiger partial charge in [-0.3, -0.25) is 0 Å². The lowest BCUT2D eigenvalue weighted by molar-refractivity contribution is 0.111. The van der Waals surface area contributed by atoms with E-state index in [0.29, 0.717) is 32.1 Å². The molecule has 0 aliphatic carbocycles. The van der Waals surface area contributed by atoms with Crippen molar-refractivity contribution in [3.63, 3.8) is 0 Å². The molecule has 2 saturated heterocycles. The number of carbonyl (C=O) groups is 2. The average molecular weight is 298 g/mol. The standard InChI is InChI=1S/C14H26N4O3/c1-15(2)13(19)16-6-8-17(9-7-16)14(20)18-5-4-12(10-18)11-21-3/h12H,4-11H2,1-3H3. The highest BCUT2D eigenvalue weighted by molar-refractivity contribution is 5.76. The molecule has 1 atom stereocenters. The first-order valence-electron chi connectivity index (χ1n) is 7.52. The molecule has 4 amide bonds. The normalized spacial score (nSPS) is 22.6. The van der Waals surface area contributed by atoms with E-state index in [9.17, 15) is 9.59 Å². The van der Waals surface area contributed by atoms with E-state index >= 15 is 0 Å². The van der Waals surface area contributed by atoms with E-state index in [1.54, 1.807) is 31.0 Å². The van der Waals surface area contributed by atoms with Crippen LogP contribution in [0.3, 0.4) is 0 Å². The number of methoxy groups -OCH3 is 1. The number of ether oxygens (including phenoxy) is 1. The zero-order valence-electron chi connectivity index (χ0n) is 13.2. The van der Waals surface area contributed by atoms with Gasteiger partial charge in [0.15, 0.2) is 0 Å². The Bertz CT molecular complexity index is 380. The van der Waals surface area contributed by atoms with E-state index < -0.39 is 0 Å². The van der Waals surface area contributed by atoms with Gasteiger partial charge in [-0.15, -0.1) is 0 Å². The molecule has 2 rings (SSSR count). The molecule has 7 nitrogen and oxygen atoms in total. The van der Waals surface area contributed by atoms with Crippen LogP contribution in [0.5, 0.6) is 0 Å². The molecule has 1 unspecified atom stereocenters. The number of rotatable bonds is 2. The maximum absolute atomic E-state index is 12.5. The summed E-state index contributed by atoms with van der Waals surface area (Å²) in [6.45, 7) is 4.76. The molecule has 0 saturated carbocycles. The molecular weight excluding hydrogens is 272 g/mol. The molecule has 0 aromatic rings. The van der Waals surface area contributed by atoms with Crippen molar-refractivity contribution < 1.29 is 14.3 Å². The van der Waals surface area contributed by atoms with Crippen molar-refractivity contribution in [3.8, 4) is 0 Å². The van der Waals surface area contributed by atoms with Crippen molar-refractivity contribution in [2.45, 2.75) is 6.42 Å². The zero-order valence-corrected chi connectivity index (χ0v) is 13.2. The fourth-order valence-corrected chi connectivity index (χ4v) is 2.95. The third-order valence-corrected chi connectivity index (χ3v) is 4.16. The first-order valence-corrected chi connectivity index (χ1v) is 7.52. The predicted molar refractivity (Wildman–Crippen MR) is 79.2 cm³/mol. The number of likely N-dealkylation sites (tertiary alicyclic amines) is 1. The molecule has 21 heavy (non-hydrogen) atoms. The molecule has 2 aliphatic heterocycles. The number of carbonyl (C=O) groups excluding carboxylic acids is 2. The van der Waals surface area contributed by atoms with E-state index in [1.165, 1.54) is 0 Å². The monoisotopic (exact) mass is 298 g/mol. The van der Waals surface area contributed by atoms with E-state index in [1.807, 2.05) is 9.80 Å². The summed E-state index contributed by atoms with van der Waals surface area (Å²) < 4.78 is 5.16. The van der Waals surface area contributed by atoms with Crippen molar-refractivity contribution in [2.75, 3.05) is 67.1 Å². The molecule has 120 valence electrons. The summed E-state index contributed by atoms with van der Waals surface area (Å²) in [4.78, 5) is 31.5. The topological polar surface area (TPSA) is 56.3 Å². The molecule has 0 bridgehead atoms. The van der Waals surface area contributed by atoms with Crippen LogP contribution in [-0.2, 0) is 4.74 Å². The molecule has 0 aromatic heterocycles. The summed E-state index contributed by atoms with van der Waals surface area (Å²) in [5.74, 6) is 0.454. The van der Waals surface area contributed by atoms with Crippen LogP contribution >= 0.6 is 0 Å². The number of amides is 4. The molecule has 0 N–H and O–H groups in total. The highest BCUT2D eigenvalue weighted by Gasteiger charge is 2.31. The Morgan fingerprint density at radius 1 is 1.05 bits per heavy atom. The number of urea groups is 2. The van der Waals surface area contributed by atoms with Gasteiger partial charge in [0.2, 0.25) is 0 Å². The van der Waals surface area contributed by atoms with Crippen LogP contribution < -0.4 is 0 Å². The lowest BCUT2D eigenvalue weighted by Crippen LogP contribution is -2.55. The van der Waals surface area contributed by atoms with Gasteiger partial charge in [-0.25, -0.2) is 9.59 Å². The smallest absolute Gasteiger partial charge is 0.320 e. The van der Waals surface area contributed by atoms with Crippen LogP contribution in [0.2, 0.25) is 0 Å². The van der Waals surface area contributed by atoms with Gasteiger partial charge in [-0.1, -0.05) is 0 Å². The largest absolute Gasteiger partial charge is 0.384 e. The Balaban J connectivity index is 1.80. The Morgan fingerprint density at radius 2 is 1.67 bits per heavy atom. The first kappa shape index (κ1) is 15.9. The number of piperazine rings is 1. The molecule has 0 radical (unpaired) electrons. The first-order chi connectivity index (χ1) is 10.0. The fraction of sp³-hybridized carbons (Fsp3) is 0.857. The van der Waals surface area contributed by atoms with Crippen molar-refractivity contribution in [2.24, 2.45) is 5.92 Å². The van der Waals surface area contributed by atoms with Gasteiger partial charge in [0.1, 0.15) is 0 Å². The van der Waals surface area contributed by atoms with Gasteiger partial charge in [-0.2, -0.15) is 0 Å². The predicted octanol–water partition coefficient (Wildman–Crippen LogP) is 0.374. The lowest BCUT2D eigenvalue weighted by atomic mass is 10.1. The highest BCUT2D eigenvalue weighted by Crippen LogP contribution is 2.18. The van der Waals surface area contributed by atoms with Crippen LogP contribution in [-0.4, -0.2) is 98.7 Å². The molecule has 2 heterocycles. The van der Waals surface area contributed by atoms with Gasteiger partial charge in [0, 0.05) is 66.4 Å². The van der Waals surface area contributed by atoms with Crippen LogP contribution in [0.25, 0.3) is 0 Å². The van der Waals surface area contributed by atoms with Crippen molar-refractivity contribution in [1.82, 2.24) is 19.6 Å². The van der Waals surface area contributed by atoms with Gasteiger partial charge >= 0.3 is 12.1 Å². The molecule has 2 fully saturated rings. The quantitative estimate of drug-likeness (QED) is 0.740. The van der Waals surface area contributed by atoms with E-state index in [2.05, 4.69) is 0 Å². The van der Waals surface area contributed by atoms with Crippen molar-refractivity contribution in [3.05, 3.63) is 0 Å². The third kappa shape index (κ3) is 3.78. The molecule has 2 aliphatic rings. The molecule has 0 spiro atoms. The summed E-state index contributed by atoms with van der Waals surface area (Å²) in [5, 5.41) is 0. The van der Waals surface area contributed by atoms with Crippen molar-refractivity contribution >= 4 is 12.1 Å². The third-order valence-electron chi connectivity index (χ3n) is 4.16. The Kier molecular flexibility index (Phi) is 5.27. The number of hydrogen-bond donors (Lipinski definition) is 0. The molecule has 0 aromatic carbocycles. The summed E-state index contributed by atoms with van der Waals surface area (Å²) >= 11 is 0. The maximum atomic E-state index is 12.5. The fourth-order valence-electron chi connectivity index (χ4n) is 2.95. The summed E-state index contributed by atoms with van der Waals surface area (Å²) in [6, 6.07) is 0.119. The molecule has 7 heteroatoms. The Labute approximate surface area is 126 Å². The zero-order chi connectivity index (χ0) is 15.4. The number of nitrogens with zero attached hydrogens (tertiary/aromatic N) is 4. The summed E-state index contributed by atoms with van der Waals surface area (Å²) in [5.41, 5.74) is 0. The van der Waals surface area contributed by atoms with Gasteiger partial charge in [0.05, 0.1) is 6.61 Å². The van der Waals surface area contributed by atoms with E-state index in [0.717, 1.165) is 26.1 Å². The van der Waals surface area contributed by atoms with Gasteiger partial charge < -0.3 is 24.3 Å². The highest BCUT2D eigenvalue weighted by atomic mass is 16.5. The summed E-state index contributed by atoms with van der Waals surface area (Å²) in [6.07, 6.45) is 1.01. The van der Waals surface area contributed by atoms with Gasteiger partial charge in [-0.05, 0) is 6.42 Å². The van der Waals surface area contributed by atoms with Crippen LogP contribution in [0.4, 0.5) is 9.59 Å². The van der Waals surface area contributed by atoms with E-state index in [4.69, 9.17) is 4.74 Å². The Hall–Kier alpha value is -1.50. The van der Waals surface area contributed by atoms with Crippen LogP contribution in [0.15, 0.2) is 0 Å². The maximum Gasteiger partial charge on any atom is 0.320 e. The van der Waals surface area contributed by atoms with Gasteiger partial charge in [0.25, 0.3) is 0 Å². The average Bonchev–Trinajstić information content (AvgIpc) is 2.95. The molecular formula is C14H26N4O3. The van der Waals surface area contributed by atoms with Crippen molar-refractivity contribution in [1.29, 1.82) is 0 Å². The second-order valence-corrected chi connectivity index (χ2v) is 5.99. The summed E-state index contributed by atoms with van der Waals surface area (Å²) in [7, 11) is 5.20. The van der Waals surface area contributed by atoms with E-state index in [-0.39, 0.29) is 12.1 Å². The van der Waals surface area contributed by atoms with Crippen LogP contribution in [0.1, 0.15) is 6.42 Å². The second-order valence-electron chi connectivity index (χ2n) is 5.99. The second kappa shape index (κ2) is 6.98. The Morgan fingerprint density at radius 3 is 2.24 bits per heavy atom.